The van der Waals surface area contributed by atoms with Gasteiger partial charge in [-0.1, -0.05) is 24.3 Å². The van der Waals surface area contributed by atoms with Gasteiger partial charge in [0.25, 0.3) is 5.56 Å². The van der Waals surface area contributed by atoms with E-state index in [-0.39, 0.29) is 18.1 Å². The maximum absolute atomic E-state index is 12.2. The summed E-state index contributed by atoms with van der Waals surface area (Å²) >= 11 is 0. The third-order valence-corrected chi connectivity index (χ3v) is 4.15. The van der Waals surface area contributed by atoms with E-state index in [2.05, 4.69) is 10.1 Å². The Morgan fingerprint density at radius 3 is 2.72 bits per heavy atom. The molecule has 146 valence electrons. The fourth-order valence-electron chi connectivity index (χ4n) is 2.76. The van der Waals surface area contributed by atoms with Crippen molar-refractivity contribution in [2.24, 2.45) is 0 Å². The largest absolute Gasteiger partial charge is 0.458 e. The van der Waals surface area contributed by atoms with Crippen LogP contribution in [0.25, 0.3) is 17.1 Å². The van der Waals surface area contributed by atoms with Crippen LogP contribution in [0.3, 0.4) is 0 Å². The van der Waals surface area contributed by atoms with E-state index in [4.69, 9.17) is 9.15 Å². The van der Waals surface area contributed by atoms with Crippen LogP contribution in [0.15, 0.2) is 68.7 Å². The summed E-state index contributed by atoms with van der Waals surface area (Å²) in [7, 11) is 0. The van der Waals surface area contributed by atoms with E-state index >= 15 is 0 Å². The first kappa shape index (κ1) is 18.4. The van der Waals surface area contributed by atoms with Gasteiger partial charge in [-0.05, 0) is 30.7 Å². The molecule has 0 aliphatic rings. The third kappa shape index (κ3) is 3.98. The maximum atomic E-state index is 12.2. The quantitative estimate of drug-likeness (QED) is 0.474. The van der Waals surface area contributed by atoms with Crippen molar-refractivity contribution in [1.82, 2.24) is 19.2 Å². The Hall–Kier alpha value is -4.01. The van der Waals surface area contributed by atoms with Gasteiger partial charge in [-0.3, -0.25) is 14.0 Å². The highest BCUT2D eigenvalue weighted by atomic mass is 16.5. The molecule has 3 aromatic heterocycles. The lowest BCUT2D eigenvalue weighted by Crippen LogP contribution is -2.23. The molecule has 0 atom stereocenters. The number of carbonyl (C=O) groups excluding carboxylic acids is 1. The van der Waals surface area contributed by atoms with E-state index in [1.807, 2.05) is 19.1 Å². The Balaban J connectivity index is 1.45. The lowest BCUT2D eigenvalue weighted by molar-refractivity contribution is -0.146. The number of carbonyl (C=O) groups is 1. The number of fused-ring (bicyclic) bond motifs is 1. The number of benzene rings is 1. The van der Waals surface area contributed by atoms with Crippen LogP contribution < -0.4 is 11.3 Å². The van der Waals surface area contributed by atoms with Gasteiger partial charge in [0.15, 0.2) is 0 Å². The Morgan fingerprint density at radius 2 is 1.93 bits per heavy atom. The number of aromatic nitrogens is 4. The first-order chi connectivity index (χ1) is 14.0. The topological polar surface area (TPSA) is 109 Å². The average molecular weight is 392 g/mol. The van der Waals surface area contributed by atoms with Crippen molar-refractivity contribution in [2.45, 2.75) is 20.1 Å². The number of hydrogen-bond acceptors (Lipinski definition) is 7. The van der Waals surface area contributed by atoms with E-state index in [1.165, 1.54) is 10.5 Å². The van der Waals surface area contributed by atoms with E-state index in [1.54, 1.807) is 36.5 Å². The minimum absolute atomic E-state index is 0.114. The van der Waals surface area contributed by atoms with Crippen LogP contribution in [0.1, 0.15) is 11.3 Å². The van der Waals surface area contributed by atoms with Gasteiger partial charge in [-0.2, -0.15) is 4.68 Å². The molecule has 0 radical (unpaired) electrons. The van der Waals surface area contributed by atoms with Crippen molar-refractivity contribution in [3.8, 4) is 11.5 Å². The minimum atomic E-state index is -0.766. The standard InChI is InChI=1S/C20H16N4O5/c1-13-7-8-16-21-15(9-17(25)23(16)10-13)12-28-18(26)11-24-20(27)29-19(22-24)14-5-3-2-4-6-14/h2-10H,11-12H2,1H3. The summed E-state index contributed by atoms with van der Waals surface area (Å²) < 4.78 is 12.5. The van der Waals surface area contributed by atoms with Gasteiger partial charge in [0, 0.05) is 17.8 Å². The highest BCUT2D eigenvalue weighted by Gasteiger charge is 2.14. The van der Waals surface area contributed by atoms with Crippen LogP contribution in [0, 0.1) is 6.92 Å². The molecule has 4 aromatic rings. The van der Waals surface area contributed by atoms with Crippen molar-refractivity contribution < 1.29 is 13.9 Å². The Kier molecular flexibility index (Phi) is 4.78. The molecular weight excluding hydrogens is 376 g/mol. The number of nitrogens with zero attached hydrogens (tertiary/aromatic N) is 4. The van der Waals surface area contributed by atoms with Gasteiger partial charge in [0.05, 0.1) is 5.69 Å². The monoisotopic (exact) mass is 392 g/mol. The van der Waals surface area contributed by atoms with E-state index < -0.39 is 18.3 Å². The second-order valence-electron chi connectivity index (χ2n) is 6.38. The van der Waals surface area contributed by atoms with Crippen molar-refractivity contribution >= 4 is 11.6 Å². The summed E-state index contributed by atoms with van der Waals surface area (Å²) in [6.07, 6.45) is 1.68. The smallest absolute Gasteiger partial charge is 0.437 e. The Labute approximate surface area is 163 Å². The minimum Gasteiger partial charge on any atom is -0.458 e. The SMILES string of the molecule is Cc1ccc2nc(COC(=O)Cn3nc(-c4ccccc4)oc3=O)cc(=O)n2c1. The van der Waals surface area contributed by atoms with Crippen molar-refractivity contribution in [2.75, 3.05) is 0 Å². The molecule has 0 spiro atoms. The average Bonchev–Trinajstić information content (AvgIpc) is 3.08. The molecule has 1 aromatic carbocycles. The highest BCUT2D eigenvalue weighted by molar-refractivity contribution is 5.69. The Bertz CT molecular complexity index is 1300. The van der Waals surface area contributed by atoms with E-state index in [0.29, 0.717) is 16.9 Å². The number of esters is 1. The zero-order chi connectivity index (χ0) is 20.4. The predicted octanol–water partition coefficient (Wildman–Crippen LogP) is 1.56. The molecule has 0 N–H and O–H groups in total. The van der Waals surface area contributed by atoms with Crippen LogP contribution >= 0.6 is 0 Å². The summed E-state index contributed by atoms with van der Waals surface area (Å²) in [5, 5.41) is 4.01. The Morgan fingerprint density at radius 1 is 1.14 bits per heavy atom. The number of pyridine rings is 1. The molecule has 0 fully saturated rings. The van der Waals surface area contributed by atoms with Gasteiger partial charge in [-0.15, -0.1) is 5.10 Å². The first-order valence-corrected chi connectivity index (χ1v) is 8.77. The number of rotatable bonds is 5. The zero-order valence-electron chi connectivity index (χ0n) is 15.4. The molecular formula is C20H16N4O5. The highest BCUT2D eigenvalue weighted by Crippen LogP contribution is 2.14. The molecule has 0 bridgehead atoms. The van der Waals surface area contributed by atoms with Crippen molar-refractivity contribution in [1.29, 1.82) is 0 Å². The summed E-state index contributed by atoms with van der Waals surface area (Å²) in [6, 6.07) is 13.7. The van der Waals surface area contributed by atoms with Crippen molar-refractivity contribution in [3.63, 3.8) is 0 Å². The van der Waals surface area contributed by atoms with Crippen molar-refractivity contribution in [3.05, 3.63) is 86.9 Å². The van der Waals surface area contributed by atoms with Crippen LogP contribution in [-0.4, -0.2) is 25.1 Å². The molecule has 3 heterocycles. The van der Waals surface area contributed by atoms with Gasteiger partial charge in [0.2, 0.25) is 5.89 Å². The van der Waals surface area contributed by atoms with Gasteiger partial charge in [0.1, 0.15) is 18.8 Å². The molecule has 9 heteroatoms. The molecule has 29 heavy (non-hydrogen) atoms. The molecule has 0 aliphatic heterocycles. The van der Waals surface area contributed by atoms with E-state index in [0.717, 1.165) is 10.2 Å². The van der Waals surface area contributed by atoms with Gasteiger partial charge in [-0.25, -0.2) is 9.78 Å². The van der Waals surface area contributed by atoms with Crippen LogP contribution in [-0.2, 0) is 22.7 Å². The molecule has 0 saturated heterocycles. The van der Waals surface area contributed by atoms with Gasteiger partial charge < -0.3 is 9.15 Å². The zero-order valence-corrected chi connectivity index (χ0v) is 15.4. The summed E-state index contributed by atoms with van der Waals surface area (Å²) in [5.74, 6) is -1.35. The predicted molar refractivity (Wildman–Crippen MR) is 102 cm³/mol. The lowest BCUT2D eigenvalue weighted by Gasteiger charge is -2.06. The third-order valence-electron chi connectivity index (χ3n) is 4.15. The fraction of sp³-hybridized carbons (Fsp3) is 0.150. The number of ether oxygens (including phenoxy) is 1. The second-order valence-corrected chi connectivity index (χ2v) is 6.38. The van der Waals surface area contributed by atoms with Crippen LogP contribution in [0.5, 0.6) is 0 Å². The molecule has 0 aliphatic carbocycles. The molecule has 9 nitrogen and oxygen atoms in total. The van der Waals surface area contributed by atoms with E-state index in [9.17, 15) is 14.4 Å². The molecule has 0 saturated carbocycles. The number of hydrogen-bond donors (Lipinski definition) is 0. The normalized spacial score (nSPS) is 10.9. The summed E-state index contributed by atoms with van der Waals surface area (Å²) in [6.45, 7) is 1.26. The molecule has 0 unspecified atom stereocenters. The summed E-state index contributed by atoms with van der Waals surface area (Å²) in [5.41, 5.74) is 2.03. The molecule has 4 rings (SSSR count). The molecule has 0 amide bonds. The number of aryl methyl sites for hydroxylation is 1. The summed E-state index contributed by atoms with van der Waals surface area (Å²) in [4.78, 5) is 40.5. The first-order valence-electron chi connectivity index (χ1n) is 8.77. The lowest BCUT2D eigenvalue weighted by atomic mass is 10.2. The van der Waals surface area contributed by atoms with Gasteiger partial charge >= 0.3 is 11.7 Å². The van der Waals surface area contributed by atoms with Crippen LogP contribution in [0.4, 0.5) is 0 Å². The second kappa shape index (κ2) is 7.55. The maximum Gasteiger partial charge on any atom is 0.437 e. The fourth-order valence-corrected chi connectivity index (χ4v) is 2.76. The van der Waals surface area contributed by atoms with Crippen LogP contribution in [0.2, 0.25) is 0 Å².